The highest BCUT2D eigenvalue weighted by atomic mass is 16.7. The fourth-order valence-corrected chi connectivity index (χ4v) is 5.09. The predicted octanol–water partition coefficient (Wildman–Crippen LogP) is 12.1. The van der Waals surface area contributed by atoms with E-state index in [2.05, 4.69) is 6.92 Å². The molecule has 3 heteroatoms. The quantitative estimate of drug-likeness (QED) is 0.0711. The summed E-state index contributed by atoms with van der Waals surface area (Å²) in [6.07, 6.45) is 38.9. The molecule has 36 heavy (non-hydrogen) atoms. The second-order valence-electron chi connectivity index (χ2n) is 11.1. The number of carbonyl (C=O) groups is 1. The van der Waals surface area contributed by atoms with Gasteiger partial charge in [-0.05, 0) is 13.3 Å². The van der Waals surface area contributed by atoms with Crippen LogP contribution in [-0.4, -0.2) is 19.4 Å². The zero-order chi connectivity index (χ0) is 26.2. The maximum atomic E-state index is 11.1. The van der Waals surface area contributed by atoms with Crippen molar-refractivity contribution in [3.8, 4) is 0 Å². The van der Waals surface area contributed by atoms with Crippen molar-refractivity contribution in [2.75, 3.05) is 13.2 Å². The molecular formula is C33H66O3. The summed E-state index contributed by atoms with van der Waals surface area (Å²) in [6.45, 7) is 4.98. The van der Waals surface area contributed by atoms with Crippen molar-refractivity contribution in [3.05, 3.63) is 0 Å². The minimum atomic E-state index is -0.525. The summed E-state index contributed by atoms with van der Waals surface area (Å²) in [4.78, 5) is 11.1. The van der Waals surface area contributed by atoms with Gasteiger partial charge in [0.15, 0.2) is 0 Å². The Bertz CT molecular complexity index is 410. The highest BCUT2D eigenvalue weighted by Crippen LogP contribution is 2.16. The van der Waals surface area contributed by atoms with Crippen molar-refractivity contribution in [2.24, 2.45) is 0 Å². The van der Waals surface area contributed by atoms with E-state index in [1.807, 2.05) is 0 Å². The zero-order valence-corrected chi connectivity index (χ0v) is 24.9. The maximum absolute atomic E-state index is 11.1. The average Bonchev–Trinajstić information content (AvgIpc) is 2.88. The van der Waals surface area contributed by atoms with E-state index >= 15 is 0 Å². The molecule has 0 aromatic carbocycles. The number of unbranched alkanes of at least 4 members (excludes halogenated alkanes) is 27. The molecule has 3 nitrogen and oxygen atoms in total. The Morgan fingerprint density at radius 3 is 0.861 bits per heavy atom. The molecule has 0 N–H and O–H groups in total. The number of hydrogen-bond donors (Lipinski definition) is 0. The van der Waals surface area contributed by atoms with Crippen molar-refractivity contribution >= 4 is 6.16 Å². The second kappa shape index (κ2) is 32.3. The smallest absolute Gasteiger partial charge is 0.435 e. The third-order valence-electron chi connectivity index (χ3n) is 7.48. The molecule has 0 atom stereocenters. The molecule has 0 aromatic heterocycles. The molecule has 0 saturated carbocycles. The first-order chi connectivity index (χ1) is 17.8. The average molecular weight is 511 g/mol. The van der Waals surface area contributed by atoms with Gasteiger partial charge in [0, 0.05) is 0 Å². The maximum Gasteiger partial charge on any atom is 0.508 e. The van der Waals surface area contributed by atoms with Gasteiger partial charge in [0.05, 0.1) is 13.2 Å². The van der Waals surface area contributed by atoms with Gasteiger partial charge in [-0.3, -0.25) is 0 Å². The van der Waals surface area contributed by atoms with Crippen LogP contribution in [0.5, 0.6) is 0 Å². The van der Waals surface area contributed by atoms with Crippen LogP contribution in [0, 0.1) is 0 Å². The van der Waals surface area contributed by atoms with Crippen LogP contribution in [0.1, 0.15) is 194 Å². The van der Waals surface area contributed by atoms with Crippen LogP contribution >= 0.6 is 0 Å². The van der Waals surface area contributed by atoms with Gasteiger partial charge in [0.1, 0.15) is 0 Å². The minimum absolute atomic E-state index is 0.387. The first-order valence-corrected chi connectivity index (χ1v) is 16.6. The van der Waals surface area contributed by atoms with Gasteiger partial charge in [-0.1, -0.05) is 180 Å². The van der Waals surface area contributed by atoms with E-state index in [1.54, 1.807) is 6.92 Å². The van der Waals surface area contributed by atoms with E-state index in [9.17, 15) is 4.79 Å². The molecule has 0 aromatic rings. The molecule has 0 amide bonds. The molecule has 216 valence electrons. The summed E-state index contributed by atoms with van der Waals surface area (Å²) in [5.74, 6) is 0. The first-order valence-electron chi connectivity index (χ1n) is 16.6. The topological polar surface area (TPSA) is 35.5 Å². The molecule has 0 rings (SSSR count). The SMILES string of the molecule is CCCCCCCCCCCCCCCCCCCCCCCCCCCCCCOC(=O)OCC. The molecule has 0 aliphatic heterocycles. The molecule has 0 spiro atoms. The Hall–Kier alpha value is -0.730. The lowest BCUT2D eigenvalue weighted by Crippen LogP contribution is -2.07. The van der Waals surface area contributed by atoms with Crippen LogP contribution in [0.25, 0.3) is 0 Å². The van der Waals surface area contributed by atoms with Crippen molar-refractivity contribution in [3.63, 3.8) is 0 Å². The molecule has 0 bridgehead atoms. The van der Waals surface area contributed by atoms with Crippen LogP contribution in [-0.2, 0) is 9.47 Å². The zero-order valence-electron chi connectivity index (χ0n) is 24.9. The van der Waals surface area contributed by atoms with Crippen LogP contribution < -0.4 is 0 Å². The van der Waals surface area contributed by atoms with Gasteiger partial charge in [-0.2, -0.15) is 0 Å². The molecule has 0 aliphatic carbocycles. The van der Waals surface area contributed by atoms with E-state index in [4.69, 9.17) is 9.47 Å². The van der Waals surface area contributed by atoms with Crippen molar-refractivity contribution in [1.82, 2.24) is 0 Å². The number of carbonyl (C=O) groups excluding carboxylic acids is 1. The van der Waals surface area contributed by atoms with Gasteiger partial charge in [-0.25, -0.2) is 4.79 Å². The molecule has 0 aliphatic rings. The van der Waals surface area contributed by atoms with Crippen LogP contribution in [0.15, 0.2) is 0 Å². The van der Waals surface area contributed by atoms with Crippen LogP contribution in [0.2, 0.25) is 0 Å². The minimum Gasteiger partial charge on any atom is -0.435 e. The molecule has 0 radical (unpaired) electrons. The number of rotatable bonds is 30. The van der Waals surface area contributed by atoms with Gasteiger partial charge >= 0.3 is 6.16 Å². The Balaban J connectivity index is 3.04. The summed E-state index contributed by atoms with van der Waals surface area (Å²) in [6, 6.07) is 0. The third-order valence-corrected chi connectivity index (χ3v) is 7.48. The van der Waals surface area contributed by atoms with E-state index in [0.29, 0.717) is 13.2 Å². The summed E-state index contributed by atoms with van der Waals surface area (Å²) >= 11 is 0. The molecule has 0 heterocycles. The Morgan fingerprint density at radius 2 is 0.611 bits per heavy atom. The molecule has 0 unspecified atom stereocenters. The van der Waals surface area contributed by atoms with E-state index in [-0.39, 0.29) is 0 Å². The lowest BCUT2D eigenvalue weighted by molar-refractivity contribution is 0.0578. The highest BCUT2D eigenvalue weighted by Gasteiger charge is 2.01. The van der Waals surface area contributed by atoms with Crippen LogP contribution in [0.4, 0.5) is 4.79 Å². The van der Waals surface area contributed by atoms with Crippen molar-refractivity contribution < 1.29 is 14.3 Å². The number of hydrogen-bond acceptors (Lipinski definition) is 3. The fourth-order valence-electron chi connectivity index (χ4n) is 5.09. The van der Waals surface area contributed by atoms with E-state index < -0.39 is 6.16 Å². The molecular weight excluding hydrogens is 444 g/mol. The number of ether oxygens (including phenoxy) is 2. The van der Waals surface area contributed by atoms with Crippen LogP contribution in [0.3, 0.4) is 0 Å². The monoisotopic (exact) mass is 511 g/mol. The third kappa shape index (κ3) is 31.3. The largest absolute Gasteiger partial charge is 0.508 e. The summed E-state index contributed by atoms with van der Waals surface area (Å²) in [5, 5.41) is 0. The highest BCUT2D eigenvalue weighted by molar-refractivity contribution is 5.59. The normalized spacial score (nSPS) is 11.2. The van der Waals surface area contributed by atoms with Gasteiger partial charge in [0.25, 0.3) is 0 Å². The predicted molar refractivity (Wildman–Crippen MR) is 158 cm³/mol. The molecule has 0 fully saturated rings. The second-order valence-corrected chi connectivity index (χ2v) is 11.1. The summed E-state index contributed by atoms with van der Waals surface area (Å²) in [7, 11) is 0. The van der Waals surface area contributed by atoms with Crippen molar-refractivity contribution in [1.29, 1.82) is 0 Å². The first kappa shape index (κ1) is 35.3. The van der Waals surface area contributed by atoms with E-state index in [0.717, 1.165) is 12.8 Å². The lowest BCUT2D eigenvalue weighted by atomic mass is 10.0. The fraction of sp³-hybridized carbons (Fsp3) is 0.970. The van der Waals surface area contributed by atoms with Gasteiger partial charge in [0.2, 0.25) is 0 Å². The Labute approximate surface area is 227 Å². The Morgan fingerprint density at radius 1 is 0.361 bits per heavy atom. The Kier molecular flexibility index (Phi) is 31.6. The van der Waals surface area contributed by atoms with E-state index in [1.165, 1.54) is 167 Å². The van der Waals surface area contributed by atoms with Gasteiger partial charge < -0.3 is 9.47 Å². The summed E-state index contributed by atoms with van der Waals surface area (Å²) < 4.78 is 9.72. The summed E-state index contributed by atoms with van der Waals surface area (Å²) in [5.41, 5.74) is 0. The van der Waals surface area contributed by atoms with Crippen molar-refractivity contribution in [2.45, 2.75) is 194 Å². The standard InChI is InChI=1S/C33H66O3/c1-3-5-6-7-8-9-10-11-12-13-14-15-16-17-18-19-20-21-22-23-24-25-26-27-28-29-30-31-32-36-33(34)35-4-2/h3-32H2,1-2H3. The molecule has 0 saturated heterocycles. The lowest BCUT2D eigenvalue weighted by Gasteiger charge is -2.05. The van der Waals surface area contributed by atoms with Gasteiger partial charge in [-0.15, -0.1) is 0 Å².